The average molecular weight is 271 g/mol. The van der Waals surface area contributed by atoms with Crippen LogP contribution in [0.3, 0.4) is 0 Å². The molecule has 110 valence electrons. The van der Waals surface area contributed by atoms with E-state index in [1.165, 1.54) is 29.6 Å². The first kappa shape index (κ1) is 16.7. The van der Waals surface area contributed by atoms with E-state index >= 15 is 0 Å². The van der Waals surface area contributed by atoms with Crippen LogP contribution in [-0.2, 0) is 6.42 Å². The molecule has 0 N–H and O–H groups in total. The van der Waals surface area contributed by atoms with Gasteiger partial charge in [-0.3, -0.25) is 0 Å². The fraction of sp³-hybridized carbons (Fsp3) is 0.474. The van der Waals surface area contributed by atoms with Crippen LogP contribution in [0.4, 0.5) is 0 Å². The summed E-state index contributed by atoms with van der Waals surface area (Å²) in [5, 5.41) is 0. The zero-order valence-corrected chi connectivity index (χ0v) is 13.5. The van der Waals surface area contributed by atoms with E-state index < -0.39 is 0 Å². The molecule has 1 nitrogen and oxygen atoms in total. The molecular weight excluding hydrogens is 242 g/mol. The summed E-state index contributed by atoms with van der Waals surface area (Å²) in [5.74, 6) is 0. The highest BCUT2D eigenvalue weighted by atomic mass is 15.0. The Balaban J connectivity index is 2.26. The number of aryl methyl sites for hydroxylation is 1. The zero-order chi connectivity index (χ0) is 14.8. The second kappa shape index (κ2) is 9.55. The number of hydrogen-bond donors (Lipinski definition) is 0. The van der Waals surface area contributed by atoms with Crippen molar-refractivity contribution in [2.24, 2.45) is 0 Å². The highest BCUT2D eigenvalue weighted by Crippen LogP contribution is 2.12. The van der Waals surface area contributed by atoms with Gasteiger partial charge in [0.05, 0.1) is 0 Å². The summed E-state index contributed by atoms with van der Waals surface area (Å²) >= 11 is 0. The average Bonchev–Trinajstić information content (AvgIpc) is 2.44. The van der Waals surface area contributed by atoms with Gasteiger partial charge >= 0.3 is 0 Å². The SMILES string of the molecule is C/C(=C\CN(C)C)CC/C=C(\C)CCc1ccccc1. The lowest BCUT2D eigenvalue weighted by Gasteiger charge is -2.06. The molecule has 1 rings (SSSR count). The maximum atomic E-state index is 2.40. The smallest absolute Gasteiger partial charge is 0.0159 e. The van der Waals surface area contributed by atoms with Gasteiger partial charge in [-0.1, -0.05) is 53.6 Å². The Morgan fingerprint density at radius 2 is 1.60 bits per heavy atom. The molecule has 0 saturated heterocycles. The van der Waals surface area contributed by atoms with Crippen molar-refractivity contribution in [3.8, 4) is 0 Å². The van der Waals surface area contributed by atoms with Gasteiger partial charge in [-0.05, 0) is 59.2 Å². The Kier molecular flexibility index (Phi) is 7.98. The third kappa shape index (κ3) is 7.96. The topological polar surface area (TPSA) is 3.24 Å². The minimum absolute atomic E-state index is 1.04. The molecule has 0 bridgehead atoms. The van der Waals surface area contributed by atoms with Gasteiger partial charge in [0.15, 0.2) is 0 Å². The van der Waals surface area contributed by atoms with E-state index in [9.17, 15) is 0 Å². The van der Waals surface area contributed by atoms with Crippen molar-refractivity contribution < 1.29 is 0 Å². The van der Waals surface area contributed by atoms with E-state index in [4.69, 9.17) is 0 Å². The molecule has 0 saturated carbocycles. The van der Waals surface area contributed by atoms with E-state index in [1.54, 1.807) is 0 Å². The van der Waals surface area contributed by atoms with E-state index in [-0.39, 0.29) is 0 Å². The molecule has 1 heteroatoms. The maximum absolute atomic E-state index is 2.40. The molecule has 0 atom stereocenters. The molecule has 0 fully saturated rings. The molecule has 1 aromatic rings. The predicted octanol–water partition coefficient (Wildman–Crippen LogP) is 4.85. The van der Waals surface area contributed by atoms with Crippen LogP contribution in [0.5, 0.6) is 0 Å². The van der Waals surface area contributed by atoms with Crippen LogP contribution < -0.4 is 0 Å². The molecule has 0 amide bonds. The molecule has 0 aliphatic rings. The van der Waals surface area contributed by atoms with Gasteiger partial charge in [-0.25, -0.2) is 0 Å². The molecule has 0 aromatic heterocycles. The Morgan fingerprint density at radius 1 is 0.950 bits per heavy atom. The van der Waals surface area contributed by atoms with E-state index in [0.29, 0.717) is 0 Å². The minimum atomic E-state index is 1.04. The molecule has 20 heavy (non-hydrogen) atoms. The van der Waals surface area contributed by atoms with Crippen LogP contribution in [0.1, 0.15) is 38.7 Å². The highest BCUT2D eigenvalue weighted by Gasteiger charge is 1.95. The maximum Gasteiger partial charge on any atom is 0.0159 e. The fourth-order valence-corrected chi connectivity index (χ4v) is 2.07. The lowest BCUT2D eigenvalue weighted by molar-refractivity contribution is 0.455. The number of nitrogens with zero attached hydrogens (tertiary/aromatic N) is 1. The van der Waals surface area contributed by atoms with Crippen LogP contribution in [-0.4, -0.2) is 25.5 Å². The molecular formula is C19H29N. The van der Waals surface area contributed by atoms with Crippen molar-refractivity contribution >= 4 is 0 Å². The first-order valence-electron chi connectivity index (χ1n) is 7.58. The van der Waals surface area contributed by atoms with Crippen LogP contribution in [0.15, 0.2) is 53.6 Å². The van der Waals surface area contributed by atoms with Gasteiger partial charge in [0.2, 0.25) is 0 Å². The molecule has 0 aliphatic heterocycles. The van der Waals surface area contributed by atoms with E-state index in [1.807, 2.05) is 0 Å². The Labute approximate surface area is 125 Å². The summed E-state index contributed by atoms with van der Waals surface area (Å²) in [5.41, 5.74) is 4.43. The quantitative estimate of drug-likeness (QED) is 0.611. The first-order chi connectivity index (χ1) is 9.58. The molecule has 1 aromatic carbocycles. The lowest BCUT2D eigenvalue weighted by atomic mass is 10.0. The molecule has 0 spiro atoms. The fourth-order valence-electron chi connectivity index (χ4n) is 2.07. The Morgan fingerprint density at radius 3 is 2.25 bits per heavy atom. The number of benzene rings is 1. The normalized spacial score (nSPS) is 13.1. The molecule has 0 radical (unpaired) electrons. The Bertz CT molecular complexity index is 426. The van der Waals surface area contributed by atoms with Crippen molar-refractivity contribution in [2.45, 2.75) is 39.5 Å². The molecule has 0 aliphatic carbocycles. The second-order valence-electron chi connectivity index (χ2n) is 5.89. The monoisotopic (exact) mass is 271 g/mol. The lowest BCUT2D eigenvalue weighted by Crippen LogP contribution is -2.10. The van der Waals surface area contributed by atoms with Gasteiger partial charge in [0, 0.05) is 6.54 Å². The predicted molar refractivity (Wildman–Crippen MR) is 90.1 cm³/mol. The second-order valence-corrected chi connectivity index (χ2v) is 5.89. The zero-order valence-electron chi connectivity index (χ0n) is 13.5. The molecule has 0 heterocycles. The standard InChI is InChI=1S/C19H29N/c1-17(13-14-19-11-6-5-7-12-19)9-8-10-18(2)15-16-20(3)4/h5-7,9,11-12,15H,8,10,13-14,16H2,1-4H3/b17-9+,18-15+. The van der Waals surface area contributed by atoms with Gasteiger partial charge in [0.1, 0.15) is 0 Å². The van der Waals surface area contributed by atoms with Crippen LogP contribution >= 0.6 is 0 Å². The summed E-state index contributed by atoms with van der Waals surface area (Å²) in [4.78, 5) is 2.20. The first-order valence-corrected chi connectivity index (χ1v) is 7.58. The van der Waals surface area contributed by atoms with Crippen LogP contribution in [0.25, 0.3) is 0 Å². The summed E-state index contributed by atoms with van der Waals surface area (Å²) in [6.07, 6.45) is 9.39. The van der Waals surface area contributed by atoms with Gasteiger partial charge in [-0.15, -0.1) is 0 Å². The van der Waals surface area contributed by atoms with Crippen LogP contribution in [0, 0.1) is 0 Å². The van der Waals surface area contributed by atoms with Crippen molar-refractivity contribution in [3.63, 3.8) is 0 Å². The van der Waals surface area contributed by atoms with E-state index in [0.717, 1.165) is 19.4 Å². The third-order valence-corrected chi connectivity index (χ3v) is 3.49. The van der Waals surface area contributed by atoms with Crippen molar-refractivity contribution in [1.29, 1.82) is 0 Å². The summed E-state index contributed by atoms with van der Waals surface area (Å²) < 4.78 is 0. The minimum Gasteiger partial charge on any atom is -0.306 e. The van der Waals surface area contributed by atoms with Gasteiger partial charge < -0.3 is 4.90 Å². The number of hydrogen-bond acceptors (Lipinski definition) is 1. The molecule has 0 unspecified atom stereocenters. The summed E-state index contributed by atoms with van der Waals surface area (Å²) in [6, 6.07) is 10.7. The van der Waals surface area contributed by atoms with Crippen LogP contribution in [0.2, 0.25) is 0 Å². The summed E-state index contributed by atoms with van der Waals surface area (Å²) in [6.45, 7) is 5.53. The van der Waals surface area contributed by atoms with E-state index in [2.05, 4.69) is 75.3 Å². The van der Waals surface area contributed by atoms with Crippen molar-refractivity contribution in [2.75, 3.05) is 20.6 Å². The number of rotatable bonds is 8. The van der Waals surface area contributed by atoms with Crippen molar-refractivity contribution in [1.82, 2.24) is 4.90 Å². The number of allylic oxidation sites excluding steroid dienone is 3. The summed E-state index contributed by atoms with van der Waals surface area (Å²) in [7, 11) is 4.22. The van der Waals surface area contributed by atoms with Gasteiger partial charge in [-0.2, -0.15) is 0 Å². The van der Waals surface area contributed by atoms with Crippen molar-refractivity contribution in [3.05, 3.63) is 59.2 Å². The largest absolute Gasteiger partial charge is 0.306 e. The number of likely N-dealkylation sites (N-methyl/N-ethyl adjacent to an activating group) is 1. The Hall–Kier alpha value is -1.34. The third-order valence-electron chi connectivity index (χ3n) is 3.49. The highest BCUT2D eigenvalue weighted by molar-refractivity contribution is 5.16. The van der Waals surface area contributed by atoms with Gasteiger partial charge in [0.25, 0.3) is 0 Å².